The van der Waals surface area contributed by atoms with E-state index in [1.807, 2.05) is 13.0 Å². The molecule has 1 aromatic carbocycles. The van der Waals surface area contributed by atoms with Crippen LogP contribution in [0.25, 0.3) is 0 Å². The minimum Gasteiger partial charge on any atom is -0.494 e. The number of hydrogen-bond acceptors (Lipinski definition) is 2. The van der Waals surface area contributed by atoms with Crippen molar-refractivity contribution in [3.8, 4) is 5.75 Å². The number of hydrogen-bond donors (Lipinski definition) is 0. The standard InChI is InChI=1S/C16H24NO/c1-2-18-16-11-5-4-9-15(16)10-8-14-17-12-6-3-7-13-17/h4-6,9,11H,2-3,7-8,10,12-14H2,1H3. The highest BCUT2D eigenvalue weighted by Gasteiger charge is 2.10. The summed E-state index contributed by atoms with van der Waals surface area (Å²) >= 11 is 0. The molecule has 18 heavy (non-hydrogen) atoms. The molecule has 2 heteroatoms. The molecule has 1 fully saturated rings. The van der Waals surface area contributed by atoms with Gasteiger partial charge in [-0.05, 0) is 63.7 Å². The van der Waals surface area contributed by atoms with Gasteiger partial charge < -0.3 is 9.64 Å². The Morgan fingerprint density at radius 2 is 2.17 bits per heavy atom. The van der Waals surface area contributed by atoms with Crippen LogP contribution in [0.2, 0.25) is 0 Å². The number of rotatable bonds is 6. The summed E-state index contributed by atoms with van der Waals surface area (Å²) in [5.74, 6) is 1.06. The number of nitrogens with zero attached hydrogens (tertiary/aromatic N) is 1. The largest absolute Gasteiger partial charge is 0.494 e. The first-order valence-electron chi connectivity index (χ1n) is 7.15. The van der Waals surface area contributed by atoms with Gasteiger partial charge in [-0.25, -0.2) is 0 Å². The van der Waals surface area contributed by atoms with Gasteiger partial charge in [0.1, 0.15) is 5.75 Å². The Bertz CT molecular complexity index is 345. The molecule has 2 nitrogen and oxygen atoms in total. The molecule has 1 saturated heterocycles. The molecule has 0 spiro atoms. The molecule has 1 radical (unpaired) electrons. The third-order valence-electron chi connectivity index (χ3n) is 3.46. The maximum atomic E-state index is 5.66. The number of para-hydroxylation sites is 1. The van der Waals surface area contributed by atoms with Crippen molar-refractivity contribution in [3.05, 3.63) is 36.2 Å². The van der Waals surface area contributed by atoms with E-state index >= 15 is 0 Å². The summed E-state index contributed by atoms with van der Waals surface area (Å²) in [7, 11) is 0. The minimum absolute atomic E-state index is 0.748. The second-order valence-electron chi connectivity index (χ2n) is 4.88. The summed E-state index contributed by atoms with van der Waals surface area (Å²) in [6, 6.07) is 8.42. The topological polar surface area (TPSA) is 12.5 Å². The number of ether oxygens (including phenoxy) is 1. The van der Waals surface area contributed by atoms with Crippen molar-refractivity contribution in [2.45, 2.75) is 32.6 Å². The fourth-order valence-electron chi connectivity index (χ4n) is 2.53. The Morgan fingerprint density at radius 3 is 2.94 bits per heavy atom. The van der Waals surface area contributed by atoms with E-state index in [0.29, 0.717) is 0 Å². The van der Waals surface area contributed by atoms with Gasteiger partial charge in [-0.2, -0.15) is 0 Å². The van der Waals surface area contributed by atoms with Crippen LogP contribution in [0.15, 0.2) is 24.3 Å². The molecular weight excluding hydrogens is 222 g/mol. The molecule has 0 N–H and O–H groups in total. The van der Waals surface area contributed by atoms with E-state index in [9.17, 15) is 0 Å². The smallest absolute Gasteiger partial charge is 0.122 e. The van der Waals surface area contributed by atoms with E-state index < -0.39 is 0 Å². The molecule has 1 aliphatic heterocycles. The van der Waals surface area contributed by atoms with Crippen LogP contribution in [0.4, 0.5) is 0 Å². The highest BCUT2D eigenvalue weighted by atomic mass is 16.5. The van der Waals surface area contributed by atoms with Crippen molar-refractivity contribution >= 4 is 0 Å². The van der Waals surface area contributed by atoms with E-state index in [4.69, 9.17) is 4.74 Å². The second-order valence-corrected chi connectivity index (χ2v) is 4.88. The quantitative estimate of drug-likeness (QED) is 0.763. The molecule has 99 valence electrons. The van der Waals surface area contributed by atoms with Crippen molar-refractivity contribution in [2.24, 2.45) is 0 Å². The summed E-state index contributed by atoms with van der Waals surface area (Å²) in [6.07, 6.45) is 7.36. The SMILES string of the molecule is CCOc1ccccc1CCCN1C[CH]CCC1. The van der Waals surface area contributed by atoms with Crippen LogP contribution in [0.3, 0.4) is 0 Å². The Morgan fingerprint density at radius 1 is 1.28 bits per heavy atom. The maximum absolute atomic E-state index is 5.66. The van der Waals surface area contributed by atoms with Gasteiger partial charge in [-0.1, -0.05) is 18.2 Å². The molecule has 0 amide bonds. The summed E-state index contributed by atoms with van der Waals surface area (Å²) in [6.45, 7) is 6.44. The van der Waals surface area contributed by atoms with Crippen LogP contribution >= 0.6 is 0 Å². The lowest BCUT2D eigenvalue weighted by molar-refractivity contribution is 0.259. The molecule has 1 aliphatic rings. The molecule has 1 heterocycles. The Hall–Kier alpha value is -1.02. The van der Waals surface area contributed by atoms with Crippen molar-refractivity contribution in [2.75, 3.05) is 26.2 Å². The minimum atomic E-state index is 0.748. The van der Waals surface area contributed by atoms with Crippen LogP contribution in [0, 0.1) is 6.42 Å². The van der Waals surface area contributed by atoms with Gasteiger partial charge in [0.15, 0.2) is 0 Å². The molecular formula is C16H24NO. The molecule has 0 atom stereocenters. The summed E-state index contributed by atoms with van der Waals surface area (Å²) in [4.78, 5) is 2.55. The van der Waals surface area contributed by atoms with Gasteiger partial charge in [0.05, 0.1) is 6.61 Å². The highest BCUT2D eigenvalue weighted by molar-refractivity contribution is 5.33. The van der Waals surface area contributed by atoms with E-state index in [0.717, 1.165) is 18.8 Å². The van der Waals surface area contributed by atoms with E-state index in [1.54, 1.807) is 0 Å². The van der Waals surface area contributed by atoms with Crippen molar-refractivity contribution in [1.82, 2.24) is 4.90 Å². The lowest BCUT2D eigenvalue weighted by atomic mass is 10.1. The number of aryl methyl sites for hydroxylation is 1. The van der Waals surface area contributed by atoms with Crippen LogP contribution in [-0.2, 0) is 6.42 Å². The fraction of sp³-hybridized carbons (Fsp3) is 0.562. The van der Waals surface area contributed by atoms with Gasteiger partial charge >= 0.3 is 0 Å². The van der Waals surface area contributed by atoms with Crippen LogP contribution in [0.1, 0.15) is 31.7 Å². The van der Waals surface area contributed by atoms with Crippen LogP contribution in [-0.4, -0.2) is 31.1 Å². The number of piperidine rings is 1. The first-order chi connectivity index (χ1) is 8.90. The molecule has 0 aliphatic carbocycles. The molecule has 0 saturated carbocycles. The van der Waals surface area contributed by atoms with Crippen molar-refractivity contribution in [1.29, 1.82) is 0 Å². The summed E-state index contributed by atoms with van der Waals surface area (Å²) in [5.41, 5.74) is 1.35. The van der Waals surface area contributed by atoms with E-state index in [-0.39, 0.29) is 0 Å². The maximum Gasteiger partial charge on any atom is 0.122 e. The third kappa shape index (κ3) is 4.02. The number of likely N-dealkylation sites (tertiary alicyclic amines) is 1. The predicted octanol–water partition coefficient (Wildman–Crippen LogP) is 3.32. The Labute approximate surface area is 111 Å². The third-order valence-corrected chi connectivity index (χ3v) is 3.46. The molecule has 2 rings (SSSR count). The normalized spacial score (nSPS) is 16.7. The zero-order valence-electron chi connectivity index (χ0n) is 11.4. The fourth-order valence-corrected chi connectivity index (χ4v) is 2.53. The summed E-state index contributed by atoms with van der Waals surface area (Å²) in [5, 5.41) is 0. The lowest BCUT2D eigenvalue weighted by Crippen LogP contribution is -2.31. The molecule has 0 bridgehead atoms. The van der Waals surface area contributed by atoms with Gasteiger partial charge in [0.2, 0.25) is 0 Å². The Kier molecular flexibility index (Phi) is 5.53. The van der Waals surface area contributed by atoms with Gasteiger partial charge in [0, 0.05) is 6.54 Å². The van der Waals surface area contributed by atoms with E-state index in [2.05, 4.69) is 29.5 Å². The Balaban J connectivity index is 1.78. The molecule has 0 aromatic heterocycles. The average Bonchev–Trinajstić information content (AvgIpc) is 2.42. The van der Waals surface area contributed by atoms with Gasteiger partial charge in [-0.15, -0.1) is 0 Å². The zero-order valence-corrected chi connectivity index (χ0v) is 11.4. The molecule has 0 unspecified atom stereocenters. The monoisotopic (exact) mass is 246 g/mol. The van der Waals surface area contributed by atoms with Crippen molar-refractivity contribution < 1.29 is 4.74 Å². The summed E-state index contributed by atoms with van der Waals surface area (Å²) < 4.78 is 5.66. The van der Waals surface area contributed by atoms with Gasteiger partial charge in [0.25, 0.3) is 0 Å². The predicted molar refractivity (Wildman–Crippen MR) is 75.9 cm³/mol. The van der Waals surface area contributed by atoms with Crippen LogP contribution in [0.5, 0.6) is 5.75 Å². The zero-order chi connectivity index (χ0) is 12.6. The highest BCUT2D eigenvalue weighted by Crippen LogP contribution is 2.20. The molecule has 1 aromatic rings. The number of benzene rings is 1. The first-order valence-corrected chi connectivity index (χ1v) is 7.15. The lowest BCUT2D eigenvalue weighted by Gasteiger charge is -2.26. The van der Waals surface area contributed by atoms with E-state index in [1.165, 1.54) is 44.5 Å². The van der Waals surface area contributed by atoms with Crippen LogP contribution < -0.4 is 4.74 Å². The van der Waals surface area contributed by atoms with Crippen molar-refractivity contribution in [3.63, 3.8) is 0 Å². The average molecular weight is 246 g/mol. The second kappa shape index (κ2) is 7.42. The first kappa shape index (κ1) is 13.4. The van der Waals surface area contributed by atoms with Gasteiger partial charge in [-0.3, -0.25) is 0 Å².